The van der Waals surface area contributed by atoms with Crippen molar-refractivity contribution in [2.75, 3.05) is 12.9 Å². The van der Waals surface area contributed by atoms with E-state index < -0.39 is 16.1 Å². The van der Waals surface area contributed by atoms with Gasteiger partial charge in [0.2, 0.25) is 0 Å². The zero-order valence-corrected chi connectivity index (χ0v) is 10.4. The third-order valence-electron chi connectivity index (χ3n) is 3.15. The fourth-order valence-electron chi connectivity index (χ4n) is 2.35. The Morgan fingerprint density at radius 1 is 1.44 bits per heavy atom. The van der Waals surface area contributed by atoms with Gasteiger partial charge in [-0.05, 0) is 24.7 Å². The van der Waals surface area contributed by atoms with E-state index in [1.54, 1.807) is 0 Å². The summed E-state index contributed by atoms with van der Waals surface area (Å²) in [5.41, 5.74) is 0. The lowest BCUT2D eigenvalue weighted by Gasteiger charge is -2.11. The highest BCUT2D eigenvalue weighted by Crippen LogP contribution is 2.38. The van der Waals surface area contributed by atoms with E-state index in [1.165, 1.54) is 0 Å². The Labute approximate surface area is 95.9 Å². The molecule has 1 N–H and O–H groups in total. The second-order valence-electron chi connectivity index (χ2n) is 4.44. The van der Waals surface area contributed by atoms with Crippen LogP contribution in [0.3, 0.4) is 0 Å². The van der Waals surface area contributed by atoms with Gasteiger partial charge in [-0.25, -0.2) is 0 Å². The Hall–Kier alpha value is -0.620. The van der Waals surface area contributed by atoms with E-state index in [2.05, 4.69) is 0 Å². The zero-order chi connectivity index (χ0) is 12.3. The van der Waals surface area contributed by atoms with Crippen LogP contribution in [0, 0.1) is 17.8 Å². The molecule has 94 valence electrons. The van der Waals surface area contributed by atoms with Gasteiger partial charge in [-0.3, -0.25) is 8.98 Å². The molecule has 1 rings (SSSR count). The first-order chi connectivity index (χ1) is 7.33. The molecule has 0 aromatic carbocycles. The predicted molar refractivity (Wildman–Crippen MR) is 58.4 cm³/mol. The number of rotatable bonds is 5. The molecule has 1 aliphatic carbocycles. The Morgan fingerprint density at radius 3 is 2.44 bits per heavy atom. The molecule has 1 fully saturated rings. The van der Waals surface area contributed by atoms with Crippen LogP contribution in [0.4, 0.5) is 0 Å². The smallest absolute Gasteiger partial charge is 0.306 e. The summed E-state index contributed by atoms with van der Waals surface area (Å²) < 4.78 is 26.3. The fraction of sp³-hybridized carbons (Fsp3) is 0.900. The minimum absolute atomic E-state index is 0.0424. The monoisotopic (exact) mass is 250 g/mol. The third-order valence-corrected chi connectivity index (χ3v) is 3.72. The average molecular weight is 250 g/mol. The molecule has 3 unspecified atom stereocenters. The van der Waals surface area contributed by atoms with E-state index in [1.807, 2.05) is 6.92 Å². The van der Waals surface area contributed by atoms with Gasteiger partial charge >= 0.3 is 5.97 Å². The molecular formula is C10H18O5S. The summed E-state index contributed by atoms with van der Waals surface area (Å²) in [5, 5.41) is 9.00. The van der Waals surface area contributed by atoms with E-state index in [-0.39, 0.29) is 24.4 Å². The molecule has 1 aliphatic rings. The summed E-state index contributed by atoms with van der Waals surface area (Å²) in [6, 6.07) is 0. The van der Waals surface area contributed by atoms with Crippen LogP contribution in [-0.2, 0) is 19.1 Å². The lowest BCUT2D eigenvalue weighted by molar-refractivity contribution is -0.143. The minimum atomic E-state index is -3.42. The van der Waals surface area contributed by atoms with Crippen molar-refractivity contribution in [3.8, 4) is 0 Å². The van der Waals surface area contributed by atoms with E-state index in [0.29, 0.717) is 6.42 Å². The first-order valence-electron chi connectivity index (χ1n) is 5.40. The van der Waals surface area contributed by atoms with Crippen molar-refractivity contribution in [3.63, 3.8) is 0 Å². The van der Waals surface area contributed by atoms with Gasteiger partial charge in [0.15, 0.2) is 0 Å². The van der Waals surface area contributed by atoms with Gasteiger partial charge in [0.1, 0.15) is 0 Å². The van der Waals surface area contributed by atoms with Crippen molar-refractivity contribution in [2.45, 2.75) is 26.2 Å². The van der Waals surface area contributed by atoms with Crippen molar-refractivity contribution in [1.82, 2.24) is 0 Å². The van der Waals surface area contributed by atoms with Gasteiger partial charge in [0.25, 0.3) is 10.1 Å². The first-order valence-corrected chi connectivity index (χ1v) is 7.22. The standard InChI is InChI=1S/C10H18O5S/c1-3-8-4-7(5-9(8)10(11)12)6-15-16(2,13)14/h7-9H,3-6H2,1-2H3,(H,11,12). The molecule has 0 heterocycles. The van der Waals surface area contributed by atoms with E-state index in [4.69, 9.17) is 9.29 Å². The highest BCUT2D eigenvalue weighted by Gasteiger charge is 2.37. The minimum Gasteiger partial charge on any atom is -0.481 e. The molecule has 16 heavy (non-hydrogen) atoms. The first kappa shape index (κ1) is 13.4. The summed E-state index contributed by atoms with van der Waals surface area (Å²) >= 11 is 0. The van der Waals surface area contributed by atoms with Gasteiger partial charge < -0.3 is 5.11 Å². The topological polar surface area (TPSA) is 80.7 Å². The quantitative estimate of drug-likeness (QED) is 0.739. The second-order valence-corrected chi connectivity index (χ2v) is 6.08. The number of carbonyl (C=O) groups is 1. The number of aliphatic carboxylic acids is 1. The number of carboxylic acid groups (broad SMARTS) is 1. The fourth-order valence-corrected chi connectivity index (χ4v) is 2.79. The van der Waals surface area contributed by atoms with Crippen molar-refractivity contribution >= 4 is 16.1 Å². The molecule has 0 saturated heterocycles. The maximum absolute atomic E-state index is 11.0. The van der Waals surface area contributed by atoms with Crippen LogP contribution in [0.5, 0.6) is 0 Å². The van der Waals surface area contributed by atoms with Crippen LogP contribution >= 0.6 is 0 Å². The maximum atomic E-state index is 11.0. The predicted octanol–water partition coefficient (Wildman–Crippen LogP) is 1.10. The van der Waals surface area contributed by atoms with Gasteiger partial charge in [-0.2, -0.15) is 8.42 Å². The molecule has 0 amide bonds. The van der Waals surface area contributed by atoms with Gasteiger partial charge in [-0.15, -0.1) is 0 Å². The number of hydrogen-bond donors (Lipinski definition) is 1. The van der Waals surface area contributed by atoms with Gasteiger partial charge in [0, 0.05) is 0 Å². The van der Waals surface area contributed by atoms with Crippen LogP contribution in [0.1, 0.15) is 26.2 Å². The van der Waals surface area contributed by atoms with Crippen molar-refractivity contribution < 1.29 is 22.5 Å². The molecule has 0 aromatic heterocycles. The molecular weight excluding hydrogens is 232 g/mol. The molecule has 6 heteroatoms. The van der Waals surface area contributed by atoms with Gasteiger partial charge in [-0.1, -0.05) is 13.3 Å². The van der Waals surface area contributed by atoms with Crippen LogP contribution in [0.25, 0.3) is 0 Å². The van der Waals surface area contributed by atoms with Crippen LogP contribution in [-0.4, -0.2) is 32.4 Å². The summed E-state index contributed by atoms with van der Waals surface area (Å²) in [6.07, 6.45) is 3.08. The SMILES string of the molecule is CCC1CC(COS(C)(=O)=O)CC1C(=O)O. The lowest BCUT2D eigenvalue weighted by Crippen LogP contribution is -2.17. The Kier molecular flexibility index (Phi) is 4.32. The average Bonchev–Trinajstić information content (AvgIpc) is 2.56. The normalized spacial score (nSPS) is 30.5. The summed E-state index contributed by atoms with van der Waals surface area (Å²) in [7, 11) is -3.42. The third kappa shape index (κ3) is 3.75. The zero-order valence-electron chi connectivity index (χ0n) is 9.55. The lowest BCUT2D eigenvalue weighted by atomic mass is 9.94. The number of carboxylic acids is 1. The second kappa shape index (κ2) is 5.14. The molecule has 0 radical (unpaired) electrons. The molecule has 0 aliphatic heterocycles. The maximum Gasteiger partial charge on any atom is 0.306 e. The molecule has 1 saturated carbocycles. The number of hydrogen-bond acceptors (Lipinski definition) is 4. The van der Waals surface area contributed by atoms with E-state index in [0.717, 1.165) is 19.1 Å². The van der Waals surface area contributed by atoms with Crippen molar-refractivity contribution in [1.29, 1.82) is 0 Å². The summed E-state index contributed by atoms with van der Waals surface area (Å²) in [5.74, 6) is -0.946. The molecule has 0 spiro atoms. The summed E-state index contributed by atoms with van der Waals surface area (Å²) in [6.45, 7) is 2.07. The highest BCUT2D eigenvalue weighted by atomic mass is 32.2. The highest BCUT2D eigenvalue weighted by molar-refractivity contribution is 7.85. The van der Waals surface area contributed by atoms with E-state index >= 15 is 0 Å². The van der Waals surface area contributed by atoms with Crippen molar-refractivity contribution in [3.05, 3.63) is 0 Å². The Bertz CT molecular complexity index is 348. The van der Waals surface area contributed by atoms with Crippen LogP contribution in [0.2, 0.25) is 0 Å². The Morgan fingerprint density at radius 2 is 2.06 bits per heavy atom. The largest absolute Gasteiger partial charge is 0.481 e. The molecule has 3 atom stereocenters. The van der Waals surface area contributed by atoms with Crippen molar-refractivity contribution in [2.24, 2.45) is 17.8 Å². The molecule has 0 bridgehead atoms. The summed E-state index contributed by atoms with van der Waals surface area (Å²) in [4.78, 5) is 11.0. The van der Waals surface area contributed by atoms with Crippen LogP contribution in [0.15, 0.2) is 0 Å². The van der Waals surface area contributed by atoms with Crippen LogP contribution < -0.4 is 0 Å². The Balaban J connectivity index is 2.51. The van der Waals surface area contributed by atoms with Gasteiger partial charge in [0.05, 0.1) is 18.8 Å². The van der Waals surface area contributed by atoms with E-state index in [9.17, 15) is 13.2 Å². The molecule has 0 aromatic rings. The molecule has 5 nitrogen and oxygen atoms in total.